The minimum Gasteiger partial charge on any atom is -0.313 e. The molecule has 2 fully saturated rings. The van der Waals surface area contributed by atoms with E-state index < -0.39 is 0 Å². The molecule has 2 heteroatoms. The summed E-state index contributed by atoms with van der Waals surface area (Å²) in [6, 6.07) is 1.47. The van der Waals surface area contributed by atoms with Gasteiger partial charge in [0.2, 0.25) is 0 Å². The molecule has 0 aromatic rings. The second-order valence-electron chi connectivity index (χ2n) is 5.99. The number of nitrogens with zero attached hydrogens (tertiary/aromatic N) is 1. The van der Waals surface area contributed by atoms with Crippen LogP contribution in [0.4, 0.5) is 0 Å². The molecule has 1 heterocycles. The van der Waals surface area contributed by atoms with E-state index in [0.29, 0.717) is 6.04 Å². The van der Waals surface area contributed by atoms with Gasteiger partial charge in [0.25, 0.3) is 0 Å². The minimum absolute atomic E-state index is 0.714. The van der Waals surface area contributed by atoms with Gasteiger partial charge in [0.1, 0.15) is 0 Å². The van der Waals surface area contributed by atoms with E-state index in [1.165, 1.54) is 58.2 Å². The van der Waals surface area contributed by atoms with Crippen LogP contribution < -0.4 is 5.32 Å². The zero-order valence-electron chi connectivity index (χ0n) is 11.0. The lowest BCUT2D eigenvalue weighted by Gasteiger charge is -2.30. The highest BCUT2D eigenvalue weighted by atomic mass is 15.2. The normalized spacial score (nSPS) is 27.4. The van der Waals surface area contributed by atoms with Gasteiger partial charge in [-0.3, -0.25) is 4.90 Å². The summed E-state index contributed by atoms with van der Waals surface area (Å²) in [5.41, 5.74) is 0. The van der Waals surface area contributed by atoms with E-state index in [1.807, 2.05) is 0 Å². The molecule has 1 aliphatic carbocycles. The third-order valence-electron chi connectivity index (χ3n) is 4.04. The molecule has 2 rings (SSSR count). The van der Waals surface area contributed by atoms with Crippen molar-refractivity contribution in [2.75, 3.05) is 19.6 Å². The van der Waals surface area contributed by atoms with Crippen LogP contribution in [0, 0.1) is 5.92 Å². The molecular formula is C14H28N2. The van der Waals surface area contributed by atoms with Crippen LogP contribution in [0.1, 0.15) is 52.4 Å². The number of hydrogen-bond donors (Lipinski definition) is 1. The number of rotatable bonds is 5. The van der Waals surface area contributed by atoms with Gasteiger partial charge in [0.15, 0.2) is 0 Å². The molecule has 1 saturated carbocycles. The molecule has 1 unspecified atom stereocenters. The Morgan fingerprint density at radius 2 is 1.88 bits per heavy atom. The van der Waals surface area contributed by atoms with Gasteiger partial charge < -0.3 is 5.32 Å². The van der Waals surface area contributed by atoms with Crippen LogP contribution in [0.25, 0.3) is 0 Å². The van der Waals surface area contributed by atoms with Gasteiger partial charge in [0.05, 0.1) is 0 Å². The monoisotopic (exact) mass is 224 g/mol. The third-order valence-corrected chi connectivity index (χ3v) is 4.04. The van der Waals surface area contributed by atoms with E-state index in [4.69, 9.17) is 0 Å². The van der Waals surface area contributed by atoms with Gasteiger partial charge in [-0.2, -0.15) is 0 Å². The summed E-state index contributed by atoms with van der Waals surface area (Å²) in [7, 11) is 0. The van der Waals surface area contributed by atoms with Gasteiger partial charge >= 0.3 is 0 Å². The Morgan fingerprint density at radius 3 is 2.56 bits per heavy atom. The molecular weight excluding hydrogens is 196 g/mol. The van der Waals surface area contributed by atoms with Crippen LogP contribution in [-0.2, 0) is 0 Å². The third kappa shape index (κ3) is 4.06. The van der Waals surface area contributed by atoms with Crippen LogP contribution in [-0.4, -0.2) is 36.6 Å². The summed E-state index contributed by atoms with van der Waals surface area (Å²) in [4.78, 5) is 2.70. The van der Waals surface area contributed by atoms with Crippen molar-refractivity contribution in [3.63, 3.8) is 0 Å². The van der Waals surface area contributed by atoms with Crippen LogP contribution in [0.2, 0.25) is 0 Å². The van der Waals surface area contributed by atoms with E-state index in [-0.39, 0.29) is 0 Å². The van der Waals surface area contributed by atoms with Crippen molar-refractivity contribution in [3.8, 4) is 0 Å². The molecule has 1 aliphatic heterocycles. The molecule has 1 N–H and O–H groups in total. The topological polar surface area (TPSA) is 15.3 Å². The predicted octanol–water partition coefficient (Wildman–Crippen LogP) is 2.64. The molecule has 2 nitrogen and oxygen atoms in total. The first-order valence-electron chi connectivity index (χ1n) is 7.23. The van der Waals surface area contributed by atoms with Crippen LogP contribution in [0.15, 0.2) is 0 Å². The molecule has 1 atom stereocenters. The fraction of sp³-hybridized carbons (Fsp3) is 1.00. The Hall–Kier alpha value is -0.0800. The maximum atomic E-state index is 3.72. The van der Waals surface area contributed by atoms with Gasteiger partial charge in [-0.15, -0.1) is 0 Å². The lowest BCUT2D eigenvalue weighted by atomic mass is 10.1. The second kappa shape index (κ2) is 6.02. The molecule has 0 bridgehead atoms. The van der Waals surface area contributed by atoms with E-state index in [2.05, 4.69) is 24.1 Å². The van der Waals surface area contributed by atoms with Crippen molar-refractivity contribution in [3.05, 3.63) is 0 Å². The molecule has 0 amide bonds. The van der Waals surface area contributed by atoms with Gasteiger partial charge in [-0.25, -0.2) is 0 Å². The quantitative estimate of drug-likeness (QED) is 0.772. The Balaban J connectivity index is 1.77. The molecule has 0 spiro atoms. The Labute approximate surface area is 101 Å². The zero-order valence-corrected chi connectivity index (χ0v) is 11.0. The van der Waals surface area contributed by atoms with Crippen molar-refractivity contribution < 1.29 is 0 Å². The van der Waals surface area contributed by atoms with E-state index >= 15 is 0 Å². The highest BCUT2D eigenvalue weighted by Crippen LogP contribution is 2.30. The van der Waals surface area contributed by atoms with Crippen LogP contribution >= 0.6 is 0 Å². The molecule has 94 valence electrons. The van der Waals surface area contributed by atoms with Gasteiger partial charge in [-0.05, 0) is 52.0 Å². The summed E-state index contributed by atoms with van der Waals surface area (Å²) in [5.74, 6) is 1.02. The Morgan fingerprint density at radius 1 is 1.06 bits per heavy atom. The number of hydrogen-bond acceptors (Lipinski definition) is 2. The fourth-order valence-electron chi connectivity index (χ4n) is 2.67. The molecule has 0 aromatic carbocycles. The zero-order chi connectivity index (χ0) is 11.4. The lowest BCUT2D eigenvalue weighted by molar-refractivity contribution is 0.187. The van der Waals surface area contributed by atoms with Crippen molar-refractivity contribution in [2.24, 2.45) is 5.92 Å². The van der Waals surface area contributed by atoms with Crippen LogP contribution in [0.3, 0.4) is 0 Å². The first-order chi connectivity index (χ1) is 7.75. The number of nitrogens with one attached hydrogen (secondary N) is 1. The predicted molar refractivity (Wildman–Crippen MR) is 69.7 cm³/mol. The first kappa shape index (κ1) is 12.4. The van der Waals surface area contributed by atoms with Gasteiger partial charge in [-0.1, -0.05) is 12.8 Å². The largest absolute Gasteiger partial charge is 0.313 e. The highest BCUT2D eigenvalue weighted by molar-refractivity contribution is 4.82. The highest BCUT2D eigenvalue weighted by Gasteiger charge is 2.26. The molecule has 16 heavy (non-hydrogen) atoms. The minimum atomic E-state index is 0.714. The average Bonchev–Trinajstić information content (AvgIpc) is 3.04. The summed E-state index contributed by atoms with van der Waals surface area (Å²) in [6.45, 7) is 8.54. The SMILES string of the molecule is CC(C)N(CC1CC1)CC1CCCCCN1. The summed E-state index contributed by atoms with van der Waals surface area (Å²) in [6.07, 6.45) is 8.55. The van der Waals surface area contributed by atoms with Crippen molar-refractivity contribution in [2.45, 2.75) is 64.5 Å². The second-order valence-corrected chi connectivity index (χ2v) is 5.99. The molecule has 0 aromatic heterocycles. The molecule has 0 radical (unpaired) electrons. The van der Waals surface area contributed by atoms with Gasteiger partial charge in [0, 0.05) is 25.2 Å². The van der Waals surface area contributed by atoms with E-state index in [1.54, 1.807) is 0 Å². The average molecular weight is 224 g/mol. The standard InChI is InChI=1S/C14H28N2/c1-12(2)16(10-13-7-8-13)11-14-6-4-3-5-9-15-14/h12-15H,3-11H2,1-2H3. The summed E-state index contributed by atoms with van der Waals surface area (Å²) < 4.78 is 0. The summed E-state index contributed by atoms with van der Waals surface area (Å²) in [5, 5.41) is 3.72. The van der Waals surface area contributed by atoms with E-state index in [0.717, 1.165) is 12.0 Å². The maximum Gasteiger partial charge on any atom is 0.0195 e. The van der Waals surface area contributed by atoms with Crippen LogP contribution in [0.5, 0.6) is 0 Å². The fourth-order valence-corrected chi connectivity index (χ4v) is 2.67. The van der Waals surface area contributed by atoms with E-state index in [9.17, 15) is 0 Å². The van der Waals surface area contributed by atoms with Crippen molar-refractivity contribution in [1.29, 1.82) is 0 Å². The van der Waals surface area contributed by atoms with Crippen molar-refractivity contribution >= 4 is 0 Å². The molecule has 1 saturated heterocycles. The smallest absolute Gasteiger partial charge is 0.0195 e. The lowest BCUT2D eigenvalue weighted by Crippen LogP contribution is -2.44. The first-order valence-corrected chi connectivity index (χ1v) is 7.23. The van der Waals surface area contributed by atoms with Crippen molar-refractivity contribution in [1.82, 2.24) is 10.2 Å². The molecule has 2 aliphatic rings. The summed E-state index contributed by atoms with van der Waals surface area (Å²) >= 11 is 0. The Bertz CT molecular complexity index is 191. The Kier molecular flexibility index (Phi) is 4.66. The maximum absolute atomic E-state index is 3.72.